The predicted octanol–water partition coefficient (Wildman–Crippen LogP) is 4.35. The van der Waals surface area contributed by atoms with Crippen molar-refractivity contribution in [3.63, 3.8) is 0 Å². The highest BCUT2D eigenvalue weighted by atomic mass is 79.9. The highest BCUT2D eigenvalue weighted by Gasteiger charge is 2.55. The Morgan fingerprint density at radius 1 is 0.692 bits per heavy atom. The third-order valence-electron chi connectivity index (χ3n) is 5.78. The van der Waals surface area contributed by atoms with Crippen molar-refractivity contribution in [3.05, 3.63) is 108 Å². The molecular formula is C29H25BrO9. The lowest BCUT2D eigenvalue weighted by atomic mass is 10.1. The fourth-order valence-corrected chi connectivity index (χ4v) is 4.46. The largest absolute Gasteiger partial charge is 0.455 e. The van der Waals surface area contributed by atoms with Crippen LogP contribution in [0.25, 0.3) is 0 Å². The fourth-order valence-electron chi connectivity index (χ4n) is 3.96. The number of ether oxygens (including phenoxy) is 5. The normalized spacial score (nSPS) is 20.9. The SMILES string of the molecule is CC(=O)O[C@@H]1O[C@@H]([C@@H](CBr)OC(=O)c2ccccc2)[C@H](OC(=O)c2ccccc2)[C@H]1OC(=O)c1ccccc1. The monoisotopic (exact) mass is 596 g/mol. The molecule has 1 aliphatic heterocycles. The molecule has 39 heavy (non-hydrogen) atoms. The number of hydrogen-bond acceptors (Lipinski definition) is 9. The summed E-state index contributed by atoms with van der Waals surface area (Å²) in [7, 11) is 0. The Morgan fingerprint density at radius 3 is 1.56 bits per heavy atom. The molecule has 0 unspecified atom stereocenters. The average molecular weight is 597 g/mol. The number of rotatable bonds is 9. The maximum Gasteiger partial charge on any atom is 0.338 e. The highest BCUT2D eigenvalue weighted by Crippen LogP contribution is 2.33. The van der Waals surface area contributed by atoms with Crippen LogP contribution < -0.4 is 0 Å². The molecule has 0 amide bonds. The van der Waals surface area contributed by atoms with Crippen LogP contribution in [0.5, 0.6) is 0 Å². The second-order valence-electron chi connectivity index (χ2n) is 8.51. The van der Waals surface area contributed by atoms with E-state index in [0.717, 1.165) is 6.92 Å². The summed E-state index contributed by atoms with van der Waals surface area (Å²) in [5.41, 5.74) is 0.753. The van der Waals surface area contributed by atoms with Gasteiger partial charge >= 0.3 is 23.9 Å². The predicted molar refractivity (Wildman–Crippen MR) is 141 cm³/mol. The molecule has 4 rings (SSSR count). The summed E-state index contributed by atoms with van der Waals surface area (Å²) in [5, 5.41) is 0.0712. The highest BCUT2D eigenvalue weighted by molar-refractivity contribution is 9.09. The van der Waals surface area contributed by atoms with Gasteiger partial charge in [-0.3, -0.25) is 4.79 Å². The van der Waals surface area contributed by atoms with Crippen molar-refractivity contribution < 1.29 is 42.9 Å². The molecule has 0 N–H and O–H groups in total. The number of benzene rings is 3. The maximum atomic E-state index is 13.1. The van der Waals surface area contributed by atoms with E-state index >= 15 is 0 Å². The number of alkyl halides is 1. The minimum atomic E-state index is -1.44. The zero-order chi connectivity index (χ0) is 27.8. The second kappa shape index (κ2) is 13.2. The van der Waals surface area contributed by atoms with Gasteiger partial charge in [-0.05, 0) is 36.4 Å². The van der Waals surface area contributed by atoms with Crippen molar-refractivity contribution in [2.75, 3.05) is 5.33 Å². The fraction of sp³-hybridized carbons (Fsp3) is 0.241. The molecule has 10 heteroatoms. The average Bonchev–Trinajstić information content (AvgIpc) is 3.28. The Morgan fingerprint density at radius 2 is 1.13 bits per heavy atom. The van der Waals surface area contributed by atoms with Gasteiger partial charge in [0.15, 0.2) is 6.10 Å². The first-order valence-electron chi connectivity index (χ1n) is 12.0. The van der Waals surface area contributed by atoms with E-state index < -0.39 is 54.6 Å². The van der Waals surface area contributed by atoms with Crippen LogP contribution in [0.4, 0.5) is 0 Å². The second-order valence-corrected chi connectivity index (χ2v) is 9.16. The Hall–Kier alpha value is -4.02. The Labute approximate surface area is 233 Å². The van der Waals surface area contributed by atoms with Crippen molar-refractivity contribution in [1.29, 1.82) is 0 Å². The number of hydrogen-bond donors (Lipinski definition) is 0. The summed E-state index contributed by atoms with van der Waals surface area (Å²) < 4.78 is 28.5. The maximum absolute atomic E-state index is 13.1. The minimum Gasteiger partial charge on any atom is -0.455 e. The third kappa shape index (κ3) is 7.10. The molecule has 0 radical (unpaired) electrons. The Balaban J connectivity index is 1.66. The molecule has 0 aromatic heterocycles. The smallest absolute Gasteiger partial charge is 0.338 e. The van der Waals surface area contributed by atoms with E-state index in [1.54, 1.807) is 91.0 Å². The number of halogens is 1. The lowest BCUT2D eigenvalue weighted by Crippen LogP contribution is -2.46. The number of carbonyl (C=O) groups is 4. The van der Waals surface area contributed by atoms with Crippen molar-refractivity contribution >= 4 is 39.8 Å². The van der Waals surface area contributed by atoms with Crippen LogP contribution >= 0.6 is 15.9 Å². The van der Waals surface area contributed by atoms with Crippen LogP contribution in [0.15, 0.2) is 91.0 Å². The van der Waals surface area contributed by atoms with E-state index in [4.69, 9.17) is 23.7 Å². The van der Waals surface area contributed by atoms with E-state index in [0.29, 0.717) is 5.56 Å². The molecule has 0 bridgehead atoms. The van der Waals surface area contributed by atoms with Gasteiger partial charge in [-0.15, -0.1) is 0 Å². The molecule has 1 heterocycles. The molecule has 1 fully saturated rings. The zero-order valence-electron chi connectivity index (χ0n) is 20.8. The number of carbonyl (C=O) groups excluding carboxylic acids is 4. The molecule has 0 saturated carbocycles. The van der Waals surface area contributed by atoms with Crippen LogP contribution in [-0.2, 0) is 28.5 Å². The molecule has 5 atom stereocenters. The molecule has 9 nitrogen and oxygen atoms in total. The van der Waals surface area contributed by atoms with Crippen molar-refractivity contribution in [2.45, 2.75) is 37.6 Å². The molecule has 0 spiro atoms. The van der Waals surface area contributed by atoms with Gasteiger partial charge in [0.05, 0.1) is 16.7 Å². The van der Waals surface area contributed by atoms with Crippen molar-refractivity contribution in [2.24, 2.45) is 0 Å². The van der Waals surface area contributed by atoms with E-state index in [-0.39, 0.29) is 16.5 Å². The summed E-state index contributed by atoms with van der Waals surface area (Å²) in [6.07, 6.45) is -6.30. The molecule has 1 aliphatic rings. The van der Waals surface area contributed by atoms with Gasteiger partial charge < -0.3 is 23.7 Å². The van der Waals surface area contributed by atoms with E-state index in [1.165, 1.54) is 0 Å². The molecule has 3 aromatic rings. The van der Waals surface area contributed by atoms with Gasteiger partial charge in [-0.1, -0.05) is 70.5 Å². The van der Waals surface area contributed by atoms with Gasteiger partial charge in [0.2, 0.25) is 12.4 Å². The molecule has 1 saturated heterocycles. The summed E-state index contributed by atoms with van der Waals surface area (Å²) in [6.45, 7) is 1.16. The van der Waals surface area contributed by atoms with Gasteiger partial charge in [0.25, 0.3) is 0 Å². The zero-order valence-corrected chi connectivity index (χ0v) is 22.4. The summed E-state index contributed by atoms with van der Waals surface area (Å²) in [4.78, 5) is 50.8. The van der Waals surface area contributed by atoms with Gasteiger partial charge in [0, 0.05) is 12.3 Å². The summed E-state index contributed by atoms with van der Waals surface area (Å²) in [6, 6.07) is 24.6. The van der Waals surface area contributed by atoms with Gasteiger partial charge in [-0.2, -0.15) is 0 Å². The standard InChI is InChI=1S/C29H25BrO9/c1-18(31)35-29-25(38-28(34)21-15-9-4-10-16-21)24(37-27(33)20-13-7-3-8-14-20)23(39-29)22(17-30)36-26(32)19-11-5-2-6-12-19/h2-16,22-25,29H,17H2,1H3/t22-,23+,24+,25-,29-/m1/s1. The summed E-state index contributed by atoms with van der Waals surface area (Å²) in [5.74, 6) is -2.85. The van der Waals surface area contributed by atoms with Gasteiger partial charge in [0.1, 0.15) is 12.2 Å². The van der Waals surface area contributed by atoms with Crippen LogP contribution in [0.3, 0.4) is 0 Å². The van der Waals surface area contributed by atoms with Crippen LogP contribution in [-0.4, -0.2) is 59.9 Å². The van der Waals surface area contributed by atoms with Crippen molar-refractivity contribution in [3.8, 4) is 0 Å². The third-order valence-corrected chi connectivity index (χ3v) is 6.42. The topological polar surface area (TPSA) is 114 Å². The van der Waals surface area contributed by atoms with Crippen LogP contribution in [0.1, 0.15) is 38.0 Å². The van der Waals surface area contributed by atoms with Crippen LogP contribution in [0, 0.1) is 0 Å². The number of esters is 4. The molecule has 0 aliphatic carbocycles. The van der Waals surface area contributed by atoms with E-state index in [9.17, 15) is 19.2 Å². The first-order valence-corrected chi connectivity index (χ1v) is 13.2. The van der Waals surface area contributed by atoms with Crippen LogP contribution in [0.2, 0.25) is 0 Å². The quantitative estimate of drug-likeness (QED) is 0.202. The Bertz CT molecular complexity index is 1280. The van der Waals surface area contributed by atoms with Crippen molar-refractivity contribution in [1.82, 2.24) is 0 Å². The molecule has 3 aromatic carbocycles. The lowest BCUT2D eigenvalue weighted by molar-refractivity contribution is -0.191. The Kier molecular flexibility index (Phi) is 9.45. The molecular weight excluding hydrogens is 572 g/mol. The molecule has 202 valence electrons. The lowest BCUT2D eigenvalue weighted by Gasteiger charge is -2.27. The van der Waals surface area contributed by atoms with E-state index in [2.05, 4.69) is 15.9 Å². The van der Waals surface area contributed by atoms with E-state index in [1.807, 2.05) is 0 Å². The summed E-state index contributed by atoms with van der Waals surface area (Å²) >= 11 is 3.33. The first-order chi connectivity index (χ1) is 18.9. The first kappa shape index (κ1) is 28.0. The van der Waals surface area contributed by atoms with Gasteiger partial charge in [-0.25, -0.2) is 14.4 Å². The minimum absolute atomic E-state index is 0.0712.